The summed E-state index contributed by atoms with van der Waals surface area (Å²) in [5, 5.41) is 1.87. The van der Waals surface area contributed by atoms with E-state index in [0.29, 0.717) is 4.88 Å². The summed E-state index contributed by atoms with van der Waals surface area (Å²) in [7, 11) is 0. The number of halogens is 1. The lowest BCUT2D eigenvalue weighted by Crippen LogP contribution is -1.72. The van der Waals surface area contributed by atoms with Gasteiger partial charge in [-0.05, 0) is 23.1 Å². The van der Waals surface area contributed by atoms with E-state index in [-0.39, 0.29) is 5.83 Å². The summed E-state index contributed by atoms with van der Waals surface area (Å²) >= 11 is 1.41. The lowest BCUT2D eigenvalue weighted by atomic mass is 10.2. The van der Waals surface area contributed by atoms with Gasteiger partial charge in [-0.25, -0.2) is 4.39 Å². The van der Waals surface area contributed by atoms with Crippen LogP contribution in [0.5, 0.6) is 0 Å². The number of thiophene rings is 1. The highest BCUT2D eigenvalue weighted by atomic mass is 32.1. The fourth-order valence-corrected chi connectivity index (χ4v) is 1.81. The summed E-state index contributed by atoms with van der Waals surface area (Å²) in [4.78, 5) is 0.675. The first kappa shape index (κ1) is 9.16. The quantitative estimate of drug-likeness (QED) is 0.687. The summed E-state index contributed by atoms with van der Waals surface area (Å²) in [5.74, 6) is -0.175. The second-order valence-corrected chi connectivity index (χ2v) is 3.83. The molecular weight excluding hydrogens is 195 g/mol. The van der Waals surface area contributed by atoms with Gasteiger partial charge in [0.1, 0.15) is 5.83 Å². The molecule has 70 valence electrons. The first-order valence-corrected chi connectivity index (χ1v) is 5.20. The van der Waals surface area contributed by atoms with Crippen molar-refractivity contribution in [1.29, 1.82) is 0 Å². The second-order valence-electron chi connectivity index (χ2n) is 2.88. The predicted molar refractivity (Wildman–Crippen MR) is 59.7 cm³/mol. The van der Waals surface area contributed by atoms with E-state index in [1.54, 1.807) is 12.1 Å². The minimum Gasteiger partial charge on any atom is -0.205 e. The average Bonchev–Trinajstić information content (AvgIpc) is 2.72. The molecule has 2 heteroatoms. The van der Waals surface area contributed by atoms with E-state index in [1.807, 2.05) is 41.8 Å². The van der Waals surface area contributed by atoms with E-state index in [0.717, 1.165) is 5.56 Å². The first-order valence-electron chi connectivity index (χ1n) is 4.32. The maximum absolute atomic E-state index is 13.5. The molecule has 0 saturated heterocycles. The molecule has 0 aliphatic heterocycles. The van der Waals surface area contributed by atoms with Gasteiger partial charge in [0.25, 0.3) is 0 Å². The van der Waals surface area contributed by atoms with Crippen LogP contribution in [0.4, 0.5) is 4.39 Å². The fraction of sp³-hybridized carbons (Fsp3) is 0. The summed E-state index contributed by atoms with van der Waals surface area (Å²) in [6.45, 7) is 0. The third-order valence-corrected chi connectivity index (χ3v) is 2.73. The van der Waals surface area contributed by atoms with Crippen LogP contribution < -0.4 is 0 Å². The standard InChI is InChI=1S/C12H9FS/c13-11(12-7-4-8-14-12)9-10-5-2-1-3-6-10/h1-9H/b11-9-. The van der Waals surface area contributed by atoms with Crippen LogP contribution in [0.3, 0.4) is 0 Å². The molecule has 1 aromatic heterocycles. The second kappa shape index (κ2) is 4.20. The third-order valence-electron chi connectivity index (χ3n) is 1.85. The first-order chi connectivity index (χ1) is 6.86. The summed E-state index contributed by atoms with van der Waals surface area (Å²) in [6, 6.07) is 13.1. The van der Waals surface area contributed by atoms with Crippen LogP contribution in [0.15, 0.2) is 47.8 Å². The van der Waals surface area contributed by atoms with Crippen molar-refractivity contribution < 1.29 is 4.39 Å². The van der Waals surface area contributed by atoms with Crippen molar-refractivity contribution in [3.05, 3.63) is 58.3 Å². The minimum atomic E-state index is -0.175. The van der Waals surface area contributed by atoms with Crippen molar-refractivity contribution in [2.45, 2.75) is 0 Å². The molecule has 0 aliphatic rings. The Kier molecular flexibility index (Phi) is 2.75. The molecule has 0 unspecified atom stereocenters. The normalized spacial score (nSPS) is 11.6. The van der Waals surface area contributed by atoms with Crippen molar-refractivity contribution in [1.82, 2.24) is 0 Å². The molecule has 0 fully saturated rings. The van der Waals surface area contributed by atoms with Gasteiger partial charge in [0.15, 0.2) is 0 Å². The molecule has 0 nitrogen and oxygen atoms in total. The van der Waals surface area contributed by atoms with Gasteiger partial charge >= 0.3 is 0 Å². The SMILES string of the molecule is F/C(=C\c1ccccc1)c1cccs1. The number of benzene rings is 1. The molecule has 0 saturated carbocycles. The van der Waals surface area contributed by atoms with Gasteiger partial charge in [-0.3, -0.25) is 0 Å². The summed E-state index contributed by atoms with van der Waals surface area (Å²) in [6.07, 6.45) is 1.55. The van der Waals surface area contributed by atoms with Gasteiger partial charge in [-0.1, -0.05) is 36.4 Å². The molecular formula is C12H9FS. The van der Waals surface area contributed by atoms with Gasteiger partial charge in [0.2, 0.25) is 0 Å². The fourth-order valence-electron chi connectivity index (χ4n) is 1.18. The van der Waals surface area contributed by atoms with Crippen LogP contribution >= 0.6 is 11.3 Å². The van der Waals surface area contributed by atoms with Gasteiger partial charge in [0.05, 0.1) is 4.88 Å². The molecule has 0 atom stereocenters. The van der Waals surface area contributed by atoms with Crippen molar-refractivity contribution >= 4 is 23.2 Å². The molecule has 0 bridgehead atoms. The lowest BCUT2D eigenvalue weighted by Gasteiger charge is -1.93. The summed E-state index contributed by atoms with van der Waals surface area (Å²) in [5.41, 5.74) is 0.887. The molecule has 2 aromatic rings. The molecule has 0 N–H and O–H groups in total. The van der Waals surface area contributed by atoms with Gasteiger partial charge in [0, 0.05) is 0 Å². The van der Waals surface area contributed by atoms with Crippen LogP contribution in [0, 0.1) is 0 Å². The number of hydrogen-bond acceptors (Lipinski definition) is 1. The lowest BCUT2D eigenvalue weighted by molar-refractivity contribution is 0.769. The Morgan fingerprint density at radius 2 is 1.86 bits per heavy atom. The van der Waals surface area contributed by atoms with E-state index in [9.17, 15) is 4.39 Å². The molecule has 2 rings (SSSR count). The van der Waals surface area contributed by atoms with Crippen LogP contribution in [0.2, 0.25) is 0 Å². The predicted octanol–water partition coefficient (Wildman–Crippen LogP) is 4.22. The highest BCUT2D eigenvalue weighted by Crippen LogP contribution is 2.23. The highest BCUT2D eigenvalue weighted by Gasteiger charge is 1.99. The third kappa shape index (κ3) is 2.09. The zero-order valence-electron chi connectivity index (χ0n) is 7.48. The maximum atomic E-state index is 13.5. The van der Waals surface area contributed by atoms with E-state index >= 15 is 0 Å². The zero-order chi connectivity index (χ0) is 9.80. The Hall–Kier alpha value is -1.41. The van der Waals surface area contributed by atoms with E-state index in [2.05, 4.69) is 0 Å². The average molecular weight is 204 g/mol. The van der Waals surface area contributed by atoms with Crippen molar-refractivity contribution in [3.8, 4) is 0 Å². The number of hydrogen-bond donors (Lipinski definition) is 0. The minimum absolute atomic E-state index is 0.175. The van der Waals surface area contributed by atoms with Crippen LogP contribution in [-0.2, 0) is 0 Å². The highest BCUT2D eigenvalue weighted by molar-refractivity contribution is 7.11. The molecule has 0 radical (unpaired) electrons. The Bertz CT molecular complexity index is 415. The Morgan fingerprint density at radius 3 is 2.50 bits per heavy atom. The van der Waals surface area contributed by atoms with Crippen molar-refractivity contribution in [2.75, 3.05) is 0 Å². The van der Waals surface area contributed by atoms with Crippen molar-refractivity contribution in [2.24, 2.45) is 0 Å². The van der Waals surface area contributed by atoms with Gasteiger partial charge in [-0.2, -0.15) is 0 Å². The zero-order valence-corrected chi connectivity index (χ0v) is 8.30. The van der Waals surface area contributed by atoms with E-state index in [1.165, 1.54) is 11.3 Å². The molecule has 0 spiro atoms. The van der Waals surface area contributed by atoms with E-state index in [4.69, 9.17) is 0 Å². The Balaban J connectivity index is 2.28. The maximum Gasteiger partial charge on any atom is 0.140 e. The van der Waals surface area contributed by atoms with Crippen LogP contribution in [-0.4, -0.2) is 0 Å². The van der Waals surface area contributed by atoms with E-state index < -0.39 is 0 Å². The topological polar surface area (TPSA) is 0 Å². The Labute approximate surface area is 86.3 Å². The van der Waals surface area contributed by atoms with Crippen LogP contribution in [0.1, 0.15) is 10.4 Å². The monoisotopic (exact) mass is 204 g/mol. The largest absolute Gasteiger partial charge is 0.205 e. The summed E-state index contributed by atoms with van der Waals surface area (Å²) < 4.78 is 13.5. The number of rotatable bonds is 2. The molecule has 1 aromatic carbocycles. The Morgan fingerprint density at radius 1 is 1.07 bits per heavy atom. The van der Waals surface area contributed by atoms with Crippen LogP contribution in [0.25, 0.3) is 11.9 Å². The molecule has 0 amide bonds. The van der Waals surface area contributed by atoms with Gasteiger partial charge < -0.3 is 0 Å². The smallest absolute Gasteiger partial charge is 0.140 e. The van der Waals surface area contributed by atoms with Gasteiger partial charge in [-0.15, -0.1) is 11.3 Å². The molecule has 1 heterocycles. The molecule has 0 aliphatic carbocycles. The molecule has 14 heavy (non-hydrogen) atoms. The van der Waals surface area contributed by atoms with Crippen molar-refractivity contribution in [3.63, 3.8) is 0 Å².